The molecule has 1 atom stereocenters. The maximum Gasteiger partial charge on any atom is 0.416 e. The number of carbonyl (C=O) groups excluding carboxylic acids is 1. The summed E-state index contributed by atoms with van der Waals surface area (Å²) in [6, 6.07) is 8.60. The molecular weight excluding hydrogens is 433 g/mol. The van der Waals surface area contributed by atoms with Crippen LogP contribution in [-0.2, 0) is 6.18 Å². The van der Waals surface area contributed by atoms with Crippen LogP contribution in [0, 0.1) is 0 Å². The molecule has 176 valence electrons. The minimum atomic E-state index is -4.45. The largest absolute Gasteiger partial charge is 0.468 e. The SMILES string of the molecule is CCN(CC)C(CNC(=O)c1cnn(-c2cccc(C(F)(F)F)c2)c1C1CC1)c1ccco1. The van der Waals surface area contributed by atoms with Crippen LogP contribution in [0.2, 0.25) is 0 Å². The molecule has 1 aliphatic carbocycles. The summed E-state index contributed by atoms with van der Waals surface area (Å²) in [5, 5.41) is 7.28. The minimum Gasteiger partial charge on any atom is -0.468 e. The van der Waals surface area contributed by atoms with Crippen LogP contribution in [0.5, 0.6) is 0 Å². The maximum absolute atomic E-state index is 13.2. The number of likely N-dealkylation sites (N-methyl/N-ethyl adjacent to an activating group) is 1. The number of halogens is 3. The second-order valence-corrected chi connectivity index (χ2v) is 8.14. The Morgan fingerprint density at radius 3 is 2.61 bits per heavy atom. The Kier molecular flexibility index (Phi) is 6.60. The highest BCUT2D eigenvalue weighted by Crippen LogP contribution is 2.43. The maximum atomic E-state index is 13.2. The lowest BCUT2D eigenvalue weighted by molar-refractivity contribution is -0.137. The lowest BCUT2D eigenvalue weighted by Gasteiger charge is -2.28. The molecule has 2 heterocycles. The molecule has 0 radical (unpaired) electrons. The molecule has 0 aliphatic heterocycles. The van der Waals surface area contributed by atoms with E-state index in [4.69, 9.17) is 4.42 Å². The predicted molar refractivity (Wildman–Crippen MR) is 117 cm³/mol. The van der Waals surface area contributed by atoms with Gasteiger partial charge in [0.05, 0.1) is 41.0 Å². The zero-order chi connectivity index (χ0) is 23.6. The molecule has 1 amide bonds. The summed E-state index contributed by atoms with van der Waals surface area (Å²) in [6.07, 6.45) is 0.355. The number of nitrogens with zero attached hydrogens (tertiary/aromatic N) is 3. The van der Waals surface area contributed by atoms with Gasteiger partial charge in [0.25, 0.3) is 5.91 Å². The summed E-state index contributed by atoms with van der Waals surface area (Å²) in [5.74, 6) is 0.575. The number of hydrogen-bond acceptors (Lipinski definition) is 4. The molecule has 1 saturated carbocycles. The fraction of sp³-hybridized carbons (Fsp3) is 0.417. The summed E-state index contributed by atoms with van der Waals surface area (Å²) in [6.45, 7) is 6.01. The standard InChI is InChI=1S/C24H27F3N4O2/c1-3-30(4-2)20(21-9-6-12-33-21)15-28-23(32)19-14-29-31(22(19)16-10-11-16)18-8-5-7-17(13-18)24(25,26)27/h5-9,12-14,16,20H,3-4,10-11,15H2,1-2H3,(H,28,32). The Morgan fingerprint density at radius 2 is 2.00 bits per heavy atom. The van der Waals surface area contributed by atoms with E-state index in [1.54, 1.807) is 12.3 Å². The minimum absolute atomic E-state index is 0.103. The van der Waals surface area contributed by atoms with Crippen LogP contribution in [0.25, 0.3) is 5.69 Å². The molecule has 1 aromatic carbocycles. The molecular formula is C24H27F3N4O2. The lowest BCUT2D eigenvalue weighted by Crippen LogP contribution is -2.38. The normalized spacial score (nSPS) is 15.1. The number of alkyl halides is 3. The average molecular weight is 461 g/mol. The number of benzene rings is 1. The first-order valence-electron chi connectivity index (χ1n) is 11.1. The first-order valence-corrected chi connectivity index (χ1v) is 11.1. The van der Waals surface area contributed by atoms with Gasteiger partial charge in [-0.1, -0.05) is 19.9 Å². The summed E-state index contributed by atoms with van der Waals surface area (Å²) in [7, 11) is 0. The molecule has 3 aromatic rings. The molecule has 9 heteroatoms. The Balaban J connectivity index is 1.59. The van der Waals surface area contributed by atoms with Gasteiger partial charge < -0.3 is 9.73 Å². The van der Waals surface area contributed by atoms with Crippen LogP contribution < -0.4 is 5.32 Å². The van der Waals surface area contributed by atoms with Crippen molar-refractivity contribution in [1.29, 1.82) is 0 Å². The molecule has 1 aliphatic rings. The number of rotatable bonds is 9. The van der Waals surface area contributed by atoms with E-state index in [9.17, 15) is 18.0 Å². The van der Waals surface area contributed by atoms with Crippen molar-refractivity contribution in [3.05, 3.63) is 71.4 Å². The van der Waals surface area contributed by atoms with E-state index >= 15 is 0 Å². The quantitative estimate of drug-likeness (QED) is 0.478. The Morgan fingerprint density at radius 1 is 1.24 bits per heavy atom. The second kappa shape index (κ2) is 9.43. The number of hydrogen-bond donors (Lipinski definition) is 1. The molecule has 33 heavy (non-hydrogen) atoms. The van der Waals surface area contributed by atoms with Crippen LogP contribution >= 0.6 is 0 Å². The van der Waals surface area contributed by atoms with Gasteiger partial charge in [0.1, 0.15) is 5.76 Å². The van der Waals surface area contributed by atoms with Crippen LogP contribution in [0.4, 0.5) is 13.2 Å². The van der Waals surface area contributed by atoms with Gasteiger partial charge in [-0.15, -0.1) is 0 Å². The van der Waals surface area contributed by atoms with Gasteiger partial charge in [0, 0.05) is 12.5 Å². The van der Waals surface area contributed by atoms with E-state index in [0.29, 0.717) is 23.5 Å². The first kappa shape index (κ1) is 23.1. The smallest absolute Gasteiger partial charge is 0.416 e. The van der Waals surface area contributed by atoms with Gasteiger partial charge in [0.2, 0.25) is 0 Å². The van der Waals surface area contributed by atoms with Crippen LogP contribution in [0.1, 0.15) is 66.0 Å². The van der Waals surface area contributed by atoms with Crippen molar-refractivity contribution in [3.8, 4) is 5.69 Å². The van der Waals surface area contributed by atoms with Crippen LogP contribution in [-0.4, -0.2) is 40.2 Å². The molecule has 1 N–H and O–H groups in total. The van der Waals surface area contributed by atoms with Crippen molar-refractivity contribution >= 4 is 5.91 Å². The van der Waals surface area contributed by atoms with Gasteiger partial charge in [0.15, 0.2) is 0 Å². The van der Waals surface area contributed by atoms with Gasteiger partial charge in [-0.3, -0.25) is 9.69 Å². The molecule has 1 unspecified atom stereocenters. The second-order valence-electron chi connectivity index (χ2n) is 8.14. The number of furan rings is 1. The zero-order valence-electron chi connectivity index (χ0n) is 18.6. The third kappa shape index (κ3) is 4.98. The van der Waals surface area contributed by atoms with E-state index in [-0.39, 0.29) is 17.9 Å². The Labute approximate surface area is 190 Å². The number of amides is 1. The summed E-state index contributed by atoms with van der Waals surface area (Å²) < 4.78 is 46.7. The van der Waals surface area contributed by atoms with Crippen LogP contribution in [0.15, 0.2) is 53.3 Å². The van der Waals surface area contributed by atoms with Gasteiger partial charge in [-0.25, -0.2) is 4.68 Å². The summed E-state index contributed by atoms with van der Waals surface area (Å²) >= 11 is 0. The predicted octanol–water partition coefficient (Wildman–Crippen LogP) is 5.17. The van der Waals surface area contributed by atoms with Crippen molar-refractivity contribution < 1.29 is 22.4 Å². The summed E-state index contributed by atoms with van der Waals surface area (Å²) in [5.41, 5.74) is 0.600. The zero-order valence-corrected chi connectivity index (χ0v) is 18.6. The van der Waals surface area contributed by atoms with Crippen LogP contribution in [0.3, 0.4) is 0 Å². The highest BCUT2D eigenvalue weighted by Gasteiger charge is 2.35. The Bertz CT molecular complexity index is 1080. The summed E-state index contributed by atoms with van der Waals surface area (Å²) in [4.78, 5) is 15.3. The van der Waals surface area contributed by atoms with Crippen molar-refractivity contribution in [1.82, 2.24) is 20.0 Å². The van der Waals surface area contributed by atoms with E-state index < -0.39 is 11.7 Å². The van der Waals surface area contributed by atoms with E-state index in [1.165, 1.54) is 16.9 Å². The topological polar surface area (TPSA) is 63.3 Å². The van der Waals surface area contributed by atoms with E-state index in [2.05, 4.69) is 15.3 Å². The molecule has 0 bridgehead atoms. The van der Waals surface area contributed by atoms with E-state index in [0.717, 1.165) is 43.8 Å². The third-order valence-electron chi connectivity index (χ3n) is 6.01. The fourth-order valence-electron chi connectivity index (χ4n) is 4.14. The highest BCUT2D eigenvalue weighted by atomic mass is 19.4. The number of carbonyl (C=O) groups is 1. The van der Waals surface area contributed by atoms with Crippen molar-refractivity contribution in [2.45, 2.75) is 44.8 Å². The monoisotopic (exact) mass is 460 g/mol. The third-order valence-corrected chi connectivity index (χ3v) is 6.01. The lowest BCUT2D eigenvalue weighted by atomic mass is 10.1. The van der Waals surface area contributed by atoms with E-state index in [1.807, 2.05) is 26.0 Å². The van der Waals surface area contributed by atoms with Crippen molar-refractivity contribution in [2.24, 2.45) is 0 Å². The van der Waals surface area contributed by atoms with Gasteiger partial charge >= 0.3 is 6.18 Å². The molecule has 2 aromatic heterocycles. The van der Waals surface area contributed by atoms with Gasteiger partial charge in [-0.05, 0) is 56.3 Å². The molecule has 1 fully saturated rings. The first-order chi connectivity index (χ1) is 15.8. The van der Waals surface area contributed by atoms with Gasteiger partial charge in [-0.2, -0.15) is 18.3 Å². The number of aromatic nitrogens is 2. The van der Waals surface area contributed by atoms with Crippen molar-refractivity contribution in [3.63, 3.8) is 0 Å². The average Bonchev–Trinajstić information content (AvgIpc) is 3.31. The molecule has 4 rings (SSSR count). The Hall–Kier alpha value is -3.07. The molecule has 6 nitrogen and oxygen atoms in total. The fourth-order valence-corrected chi connectivity index (χ4v) is 4.14. The highest BCUT2D eigenvalue weighted by molar-refractivity contribution is 5.95. The molecule has 0 saturated heterocycles. The number of nitrogens with one attached hydrogen (secondary N) is 1. The van der Waals surface area contributed by atoms with Crippen molar-refractivity contribution in [2.75, 3.05) is 19.6 Å². The molecule has 0 spiro atoms.